The summed E-state index contributed by atoms with van der Waals surface area (Å²) in [5.74, 6) is -1.41. The largest absolute Gasteiger partial charge is 0.480 e. The van der Waals surface area contributed by atoms with Crippen LogP contribution in [0.4, 0.5) is 0 Å². The number of ether oxygens (including phenoxy) is 1. The van der Waals surface area contributed by atoms with Gasteiger partial charge in [0.25, 0.3) is 5.91 Å². The summed E-state index contributed by atoms with van der Waals surface area (Å²) in [6.07, 6.45) is 3.00. The Morgan fingerprint density at radius 1 is 1.33 bits per heavy atom. The number of carbonyl (C=O) groups excluding carboxylic acids is 1. The number of methoxy groups -OCH3 is 1. The van der Waals surface area contributed by atoms with Crippen molar-refractivity contribution in [1.29, 1.82) is 0 Å². The third kappa shape index (κ3) is 3.13. The first kappa shape index (κ1) is 16.5. The molecular weight excluding hydrogens is 334 g/mol. The molecule has 7 nitrogen and oxygen atoms in total. The van der Waals surface area contributed by atoms with Crippen molar-refractivity contribution in [3.8, 4) is 5.69 Å². The molecule has 1 amide bonds. The van der Waals surface area contributed by atoms with Crippen LogP contribution < -0.4 is 0 Å². The van der Waals surface area contributed by atoms with Crippen LogP contribution in [0.2, 0.25) is 5.02 Å². The van der Waals surface area contributed by atoms with Gasteiger partial charge < -0.3 is 14.7 Å². The number of carboxylic acids is 1. The summed E-state index contributed by atoms with van der Waals surface area (Å²) in [5, 5.41) is 14.1. The van der Waals surface area contributed by atoms with E-state index in [0.29, 0.717) is 10.6 Å². The highest BCUT2D eigenvalue weighted by Crippen LogP contribution is 2.23. The Labute approximate surface area is 143 Å². The maximum atomic E-state index is 12.7. The van der Waals surface area contributed by atoms with Gasteiger partial charge in [-0.3, -0.25) is 4.79 Å². The third-order valence-electron chi connectivity index (χ3n) is 4.06. The normalized spacial score (nSPS) is 20.3. The number of amides is 1. The van der Waals surface area contributed by atoms with Crippen molar-refractivity contribution in [3.63, 3.8) is 0 Å². The number of aromatic nitrogens is 2. The van der Waals surface area contributed by atoms with E-state index in [0.717, 1.165) is 5.69 Å². The van der Waals surface area contributed by atoms with Gasteiger partial charge in [-0.2, -0.15) is 5.10 Å². The molecule has 3 rings (SSSR count). The van der Waals surface area contributed by atoms with Crippen LogP contribution in [0.25, 0.3) is 5.69 Å². The Bertz CT molecular complexity index is 759. The minimum atomic E-state index is -1.03. The lowest BCUT2D eigenvalue weighted by Gasteiger charge is -2.20. The monoisotopic (exact) mass is 349 g/mol. The molecule has 2 aromatic rings. The molecule has 0 spiro atoms. The number of rotatable bonds is 4. The zero-order valence-electron chi connectivity index (χ0n) is 12.9. The van der Waals surface area contributed by atoms with E-state index in [-0.39, 0.29) is 25.0 Å². The van der Waals surface area contributed by atoms with E-state index in [1.165, 1.54) is 18.2 Å². The highest BCUT2D eigenvalue weighted by Gasteiger charge is 2.40. The van der Waals surface area contributed by atoms with Crippen molar-refractivity contribution >= 4 is 23.5 Å². The lowest BCUT2D eigenvalue weighted by molar-refractivity contribution is -0.141. The predicted octanol–water partition coefficient (Wildman–Crippen LogP) is 1.84. The zero-order valence-corrected chi connectivity index (χ0v) is 13.7. The first-order valence-corrected chi connectivity index (χ1v) is 7.74. The molecule has 0 saturated carbocycles. The number of halogens is 1. The van der Waals surface area contributed by atoms with E-state index in [1.54, 1.807) is 35.1 Å². The number of carbonyl (C=O) groups is 2. The Morgan fingerprint density at radius 2 is 2.04 bits per heavy atom. The van der Waals surface area contributed by atoms with E-state index in [9.17, 15) is 14.7 Å². The van der Waals surface area contributed by atoms with E-state index in [4.69, 9.17) is 16.3 Å². The molecule has 0 aliphatic carbocycles. The second-order valence-corrected chi connectivity index (χ2v) is 5.99. The van der Waals surface area contributed by atoms with Crippen LogP contribution in [-0.4, -0.2) is 57.5 Å². The zero-order chi connectivity index (χ0) is 17.3. The van der Waals surface area contributed by atoms with Gasteiger partial charge in [-0.15, -0.1) is 0 Å². The van der Waals surface area contributed by atoms with Crippen LogP contribution in [0, 0.1) is 0 Å². The smallest absolute Gasteiger partial charge is 0.326 e. The molecule has 1 N–H and O–H groups in total. The van der Waals surface area contributed by atoms with Gasteiger partial charge >= 0.3 is 5.97 Å². The summed E-state index contributed by atoms with van der Waals surface area (Å²) in [6, 6.07) is 6.12. The minimum absolute atomic E-state index is 0.248. The van der Waals surface area contributed by atoms with Gasteiger partial charge in [-0.05, 0) is 24.3 Å². The maximum Gasteiger partial charge on any atom is 0.326 e. The molecule has 1 fully saturated rings. The fourth-order valence-corrected chi connectivity index (χ4v) is 2.89. The molecule has 1 aliphatic heterocycles. The van der Waals surface area contributed by atoms with Crippen LogP contribution >= 0.6 is 11.6 Å². The third-order valence-corrected chi connectivity index (χ3v) is 4.31. The fraction of sp³-hybridized carbons (Fsp3) is 0.312. The summed E-state index contributed by atoms with van der Waals surface area (Å²) < 4.78 is 6.75. The molecule has 126 valence electrons. The maximum absolute atomic E-state index is 12.7. The van der Waals surface area contributed by atoms with Crippen molar-refractivity contribution in [1.82, 2.24) is 14.7 Å². The van der Waals surface area contributed by atoms with Crippen LogP contribution in [0.1, 0.15) is 16.8 Å². The summed E-state index contributed by atoms with van der Waals surface area (Å²) in [7, 11) is 1.51. The molecule has 2 unspecified atom stereocenters. The first-order valence-electron chi connectivity index (χ1n) is 7.36. The van der Waals surface area contributed by atoms with E-state index >= 15 is 0 Å². The van der Waals surface area contributed by atoms with Crippen molar-refractivity contribution in [2.45, 2.75) is 18.6 Å². The van der Waals surface area contributed by atoms with Gasteiger partial charge in [0.1, 0.15) is 6.04 Å². The van der Waals surface area contributed by atoms with Gasteiger partial charge in [-0.1, -0.05) is 11.6 Å². The number of nitrogens with zero attached hydrogens (tertiary/aromatic N) is 3. The Hall–Kier alpha value is -2.38. The number of hydrogen-bond acceptors (Lipinski definition) is 4. The number of benzene rings is 1. The molecule has 2 atom stereocenters. The van der Waals surface area contributed by atoms with Crippen molar-refractivity contribution in [2.75, 3.05) is 13.7 Å². The molecule has 24 heavy (non-hydrogen) atoms. The second kappa shape index (κ2) is 6.62. The van der Waals surface area contributed by atoms with Gasteiger partial charge in [0.05, 0.1) is 23.6 Å². The highest BCUT2D eigenvalue weighted by atomic mass is 35.5. The molecular formula is C16H16ClN3O4. The lowest BCUT2D eigenvalue weighted by atomic mass is 10.2. The molecule has 1 aromatic heterocycles. The van der Waals surface area contributed by atoms with Crippen LogP contribution in [0.3, 0.4) is 0 Å². The average Bonchev–Trinajstić information content (AvgIpc) is 3.22. The molecule has 2 heterocycles. The van der Waals surface area contributed by atoms with Gasteiger partial charge in [0.2, 0.25) is 0 Å². The van der Waals surface area contributed by atoms with Crippen molar-refractivity contribution in [2.24, 2.45) is 0 Å². The summed E-state index contributed by atoms with van der Waals surface area (Å²) in [6.45, 7) is 0.248. The number of hydrogen-bond donors (Lipinski definition) is 1. The van der Waals surface area contributed by atoms with E-state index < -0.39 is 12.0 Å². The van der Waals surface area contributed by atoms with Gasteiger partial charge in [0.15, 0.2) is 0 Å². The second-order valence-electron chi connectivity index (χ2n) is 5.55. The van der Waals surface area contributed by atoms with Gasteiger partial charge in [0, 0.05) is 31.3 Å². The minimum Gasteiger partial charge on any atom is -0.480 e. The Kier molecular flexibility index (Phi) is 4.55. The van der Waals surface area contributed by atoms with Crippen LogP contribution in [0.5, 0.6) is 0 Å². The topological polar surface area (TPSA) is 84.7 Å². The fourth-order valence-electron chi connectivity index (χ4n) is 2.76. The van der Waals surface area contributed by atoms with E-state index in [2.05, 4.69) is 5.10 Å². The highest BCUT2D eigenvalue weighted by molar-refractivity contribution is 6.30. The number of likely N-dealkylation sites (tertiary alicyclic amines) is 1. The van der Waals surface area contributed by atoms with Crippen LogP contribution in [0.15, 0.2) is 36.7 Å². The SMILES string of the molecule is COC1CC(C(=O)O)N(C(=O)c2cnn(-c3ccc(Cl)cc3)c2)C1. The predicted molar refractivity (Wildman–Crippen MR) is 86.4 cm³/mol. The molecule has 1 aliphatic rings. The van der Waals surface area contributed by atoms with E-state index in [1.807, 2.05) is 0 Å². The summed E-state index contributed by atoms with van der Waals surface area (Å²) >= 11 is 5.86. The summed E-state index contributed by atoms with van der Waals surface area (Å²) in [5.41, 5.74) is 1.08. The molecule has 1 saturated heterocycles. The Balaban J connectivity index is 1.82. The Morgan fingerprint density at radius 3 is 2.67 bits per heavy atom. The molecule has 8 heteroatoms. The van der Waals surface area contributed by atoms with Crippen molar-refractivity contribution in [3.05, 3.63) is 47.2 Å². The molecule has 1 aromatic carbocycles. The first-order chi connectivity index (χ1) is 11.5. The van der Waals surface area contributed by atoms with Crippen molar-refractivity contribution < 1.29 is 19.4 Å². The van der Waals surface area contributed by atoms with Gasteiger partial charge in [-0.25, -0.2) is 9.48 Å². The average molecular weight is 350 g/mol. The standard InChI is InChI=1S/C16H16ClN3O4/c1-24-13-6-14(16(22)23)19(9-13)15(21)10-7-18-20(8-10)12-4-2-11(17)3-5-12/h2-5,7-8,13-14H,6,9H2,1H3,(H,22,23). The number of aliphatic carboxylic acids is 1. The molecule has 0 radical (unpaired) electrons. The molecule has 0 bridgehead atoms. The quantitative estimate of drug-likeness (QED) is 0.910. The number of carboxylic acid groups (broad SMARTS) is 1. The lowest BCUT2D eigenvalue weighted by Crippen LogP contribution is -2.40. The van der Waals surface area contributed by atoms with Crippen LogP contribution in [-0.2, 0) is 9.53 Å². The summed E-state index contributed by atoms with van der Waals surface area (Å²) in [4.78, 5) is 25.4.